The van der Waals surface area contributed by atoms with Crippen molar-refractivity contribution in [2.45, 2.75) is 19.8 Å². The number of halogens is 1. The Labute approximate surface area is 194 Å². The first-order valence-corrected chi connectivity index (χ1v) is 11.4. The molecule has 9 heteroatoms. The molecule has 2 saturated heterocycles. The summed E-state index contributed by atoms with van der Waals surface area (Å²) in [5.41, 5.74) is 0.638. The van der Waals surface area contributed by atoms with Crippen LogP contribution < -0.4 is 9.47 Å². The van der Waals surface area contributed by atoms with Crippen molar-refractivity contribution in [3.63, 3.8) is 0 Å². The third-order valence-corrected chi connectivity index (χ3v) is 6.65. The normalized spacial score (nSPS) is 18.5. The van der Waals surface area contributed by atoms with Gasteiger partial charge in [0.25, 0.3) is 11.1 Å². The summed E-state index contributed by atoms with van der Waals surface area (Å²) in [7, 11) is 1.50. The number of ether oxygens (including phenoxy) is 2. The second kappa shape index (κ2) is 10.2. The van der Waals surface area contributed by atoms with Gasteiger partial charge in [-0.1, -0.05) is 12.8 Å². The number of rotatable bonds is 6. The van der Waals surface area contributed by atoms with Crippen LogP contribution in [0.1, 0.15) is 25.3 Å². The van der Waals surface area contributed by atoms with Gasteiger partial charge < -0.3 is 14.4 Å². The molecule has 164 valence electrons. The van der Waals surface area contributed by atoms with E-state index < -0.39 is 11.1 Å². The number of benzene rings is 1. The van der Waals surface area contributed by atoms with Crippen molar-refractivity contribution in [3.8, 4) is 23.8 Å². The van der Waals surface area contributed by atoms with Crippen molar-refractivity contribution in [1.29, 1.82) is 0 Å². The average Bonchev–Trinajstić information content (AvgIpc) is 3.00. The van der Waals surface area contributed by atoms with Crippen molar-refractivity contribution < 1.29 is 23.9 Å². The molecule has 0 radical (unpaired) electrons. The second-order valence-corrected chi connectivity index (χ2v) is 9.21. The topological polar surface area (TPSA) is 76.2 Å². The zero-order valence-corrected chi connectivity index (χ0v) is 19.8. The second-order valence-electron chi connectivity index (χ2n) is 7.36. The van der Waals surface area contributed by atoms with Gasteiger partial charge in [-0.25, -0.2) is 0 Å². The molecule has 1 aromatic rings. The highest BCUT2D eigenvalue weighted by molar-refractivity contribution is 9.10. The number of carbonyl (C=O) groups excluding carboxylic acids is 3. The minimum Gasteiger partial charge on any atom is -0.493 e. The van der Waals surface area contributed by atoms with Crippen LogP contribution in [-0.2, 0) is 9.59 Å². The molecule has 7 nitrogen and oxygen atoms in total. The molecular weight excluding hydrogens is 484 g/mol. The number of terminal acetylenes is 1. The Morgan fingerprint density at radius 2 is 2.06 bits per heavy atom. The number of methoxy groups -OCH3 is 1. The number of hydrogen-bond acceptors (Lipinski definition) is 6. The highest BCUT2D eigenvalue weighted by Crippen LogP contribution is 2.39. The minimum atomic E-state index is -0.475. The van der Waals surface area contributed by atoms with Crippen molar-refractivity contribution in [2.24, 2.45) is 5.92 Å². The standard InChI is InChI=1S/C22H23BrN2O5S/c1-4-9-30-20-16(23)10-15(11-17(20)29-3)12-18-21(27)25(22(28)31-18)13-19(26)24-7-5-14(2)6-8-24/h1,10-12,14H,5-9,13H2,2-3H3/b18-12-. The lowest BCUT2D eigenvalue weighted by Crippen LogP contribution is -2.45. The molecule has 0 unspecified atom stereocenters. The summed E-state index contributed by atoms with van der Waals surface area (Å²) in [6, 6.07) is 3.42. The lowest BCUT2D eigenvalue weighted by molar-refractivity contribution is -0.136. The number of imide groups is 1. The maximum atomic E-state index is 12.8. The van der Waals surface area contributed by atoms with Gasteiger partial charge in [-0.05, 0) is 70.2 Å². The molecule has 3 rings (SSSR count). The van der Waals surface area contributed by atoms with Crippen LogP contribution in [0, 0.1) is 18.3 Å². The maximum absolute atomic E-state index is 12.8. The van der Waals surface area contributed by atoms with Gasteiger partial charge in [0.15, 0.2) is 11.5 Å². The van der Waals surface area contributed by atoms with Crippen LogP contribution in [0.2, 0.25) is 0 Å². The SMILES string of the molecule is C#CCOc1c(Br)cc(/C=C2\SC(=O)N(CC(=O)N3CCC(C)CC3)C2=O)cc1OC. The largest absolute Gasteiger partial charge is 0.493 e. The quantitative estimate of drug-likeness (QED) is 0.431. The van der Waals surface area contributed by atoms with Gasteiger partial charge in [0.1, 0.15) is 13.2 Å². The number of likely N-dealkylation sites (tertiary alicyclic amines) is 1. The van der Waals surface area contributed by atoms with Gasteiger partial charge in [-0.15, -0.1) is 6.42 Å². The Balaban J connectivity index is 1.75. The highest BCUT2D eigenvalue weighted by Gasteiger charge is 2.37. The molecule has 0 atom stereocenters. The number of nitrogens with zero attached hydrogens (tertiary/aromatic N) is 2. The number of amides is 3. The summed E-state index contributed by atoms with van der Waals surface area (Å²) in [6.07, 6.45) is 8.71. The average molecular weight is 507 g/mol. The van der Waals surface area contributed by atoms with E-state index in [-0.39, 0.29) is 24.0 Å². The smallest absolute Gasteiger partial charge is 0.294 e. The van der Waals surface area contributed by atoms with Crippen LogP contribution in [0.4, 0.5) is 4.79 Å². The van der Waals surface area contributed by atoms with E-state index in [0.29, 0.717) is 40.5 Å². The third kappa shape index (κ3) is 5.43. The van der Waals surface area contributed by atoms with Crippen LogP contribution in [0.3, 0.4) is 0 Å². The summed E-state index contributed by atoms with van der Waals surface area (Å²) in [6.45, 7) is 3.32. The first kappa shape index (κ1) is 23.2. The molecule has 2 heterocycles. The van der Waals surface area contributed by atoms with E-state index in [0.717, 1.165) is 29.5 Å². The van der Waals surface area contributed by atoms with E-state index in [4.69, 9.17) is 15.9 Å². The predicted molar refractivity (Wildman–Crippen MR) is 123 cm³/mol. The molecular formula is C22H23BrN2O5S. The Morgan fingerprint density at radius 3 is 2.71 bits per heavy atom. The molecule has 0 N–H and O–H groups in total. The molecule has 3 amide bonds. The first-order valence-electron chi connectivity index (χ1n) is 9.81. The van der Waals surface area contributed by atoms with Crippen LogP contribution in [0.15, 0.2) is 21.5 Å². The number of hydrogen-bond donors (Lipinski definition) is 0. The molecule has 31 heavy (non-hydrogen) atoms. The van der Waals surface area contributed by atoms with Crippen LogP contribution in [-0.4, -0.2) is 60.2 Å². The van der Waals surface area contributed by atoms with Crippen LogP contribution >= 0.6 is 27.7 Å². The van der Waals surface area contributed by atoms with Gasteiger partial charge in [0.2, 0.25) is 5.91 Å². The van der Waals surface area contributed by atoms with E-state index in [2.05, 4.69) is 28.8 Å². The molecule has 0 aromatic heterocycles. The summed E-state index contributed by atoms with van der Waals surface area (Å²) in [4.78, 5) is 40.7. The molecule has 2 fully saturated rings. The van der Waals surface area contributed by atoms with E-state index in [1.807, 2.05) is 0 Å². The zero-order valence-electron chi connectivity index (χ0n) is 17.4. The Bertz CT molecular complexity index is 963. The van der Waals surface area contributed by atoms with Crippen molar-refractivity contribution in [1.82, 2.24) is 9.80 Å². The number of thioether (sulfide) groups is 1. The monoisotopic (exact) mass is 506 g/mol. The van der Waals surface area contributed by atoms with E-state index >= 15 is 0 Å². The summed E-state index contributed by atoms with van der Waals surface area (Å²) in [5.74, 6) is 3.19. The lowest BCUT2D eigenvalue weighted by atomic mass is 9.99. The van der Waals surface area contributed by atoms with Crippen LogP contribution in [0.25, 0.3) is 6.08 Å². The lowest BCUT2D eigenvalue weighted by Gasteiger charge is -2.31. The third-order valence-electron chi connectivity index (χ3n) is 5.15. The fraction of sp³-hybridized carbons (Fsp3) is 0.409. The van der Waals surface area contributed by atoms with Gasteiger partial charge in [0, 0.05) is 13.1 Å². The number of carbonyl (C=O) groups is 3. The van der Waals surface area contributed by atoms with Gasteiger partial charge in [0.05, 0.1) is 16.5 Å². The minimum absolute atomic E-state index is 0.0805. The molecule has 0 aliphatic carbocycles. The van der Waals surface area contributed by atoms with E-state index in [9.17, 15) is 14.4 Å². The first-order chi connectivity index (χ1) is 14.8. The number of piperidine rings is 1. The van der Waals surface area contributed by atoms with Gasteiger partial charge >= 0.3 is 0 Å². The van der Waals surface area contributed by atoms with Gasteiger partial charge in [-0.3, -0.25) is 19.3 Å². The molecule has 0 spiro atoms. The highest BCUT2D eigenvalue weighted by atomic mass is 79.9. The van der Waals surface area contributed by atoms with E-state index in [1.165, 1.54) is 7.11 Å². The predicted octanol–water partition coefficient (Wildman–Crippen LogP) is 3.76. The Kier molecular flexibility index (Phi) is 7.68. The summed E-state index contributed by atoms with van der Waals surface area (Å²) >= 11 is 4.23. The molecule has 2 aliphatic heterocycles. The maximum Gasteiger partial charge on any atom is 0.294 e. The fourth-order valence-electron chi connectivity index (χ4n) is 3.36. The summed E-state index contributed by atoms with van der Waals surface area (Å²) < 4.78 is 11.4. The molecule has 0 bridgehead atoms. The van der Waals surface area contributed by atoms with Crippen LogP contribution in [0.5, 0.6) is 11.5 Å². The van der Waals surface area contributed by atoms with E-state index in [1.54, 1.807) is 23.1 Å². The summed E-state index contributed by atoms with van der Waals surface area (Å²) in [5, 5.41) is -0.449. The van der Waals surface area contributed by atoms with Crippen molar-refractivity contribution in [3.05, 3.63) is 27.1 Å². The zero-order chi connectivity index (χ0) is 22.5. The molecule has 2 aliphatic rings. The molecule has 1 aromatic carbocycles. The Hall–Kier alpha value is -2.44. The van der Waals surface area contributed by atoms with Crippen molar-refractivity contribution >= 4 is 50.8 Å². The van der Waals surface area contributed by atoms with Gasteiger partial charge in [-0.2, -0.15) is 0 Å². The molecule has 0 saturated carbocycles. The Morgan fingerprint density at radius 1 is 1.35 bits per heavy atom. The van der Waals surface area contributed by atoms with Crippen molar-refractivity contribution in [2.75, 3.05) is 33.4 Å². The fourth-order valence-corrected chi connectivity index (χ4v) is 4.77.